The number of nitro groups is 1. The molecule has 0 bridgehead atoms. The third kappa shape index (κ3) is 2.08. The highest BCUT2D eigenvalue weighted by atomic mass is 16.6. The third-order valence-electron chi connectivity index (χ3n) is 4.02. The first-order chi connectivity index (χ1) is 9.64. The van der Waals surface area contributed by atoms with E-state index in [1.165, 1.54) is 11.6 Å². The van der Waals surface area contributed by atoms with Crippen molar-refractivity contribution >= 4 is 11.8 Å². The van der Waals surface area contributed by atoms with Crippen LogP contribution in [0.4, 0.5) is 5.69 Å². The van der Waals surface area contributed by atoms with Gasteiger partial charge in [0.2, 0.25) is 0 Å². The fraction of sp³-hybridized carbons (Fsp3) is 0.467. The van der Waals surface area contributed by atoms with E-state index in [9.17, 15) is 10.1 Å². The molecular weight excluding hydrogens is 256 g/mol. The van der Waals surface area contributed by atoms with Gasteiger partial charge in [0.25, 0.3) is 5.69 Å². The molecule has 5 nitrogen and oxygen atoms in total. The molecule has 3 rings (SSSR count). The van der Waals surface area contributed by atoms with E-state index in [2.05, 4.69) is 18.3 Å². The van der Waals surface area contributed by atoms with Crippen molar-refractivity contribution in [3.63, 3.8) is 0 Å². The number of nitro benzene ring substituents is 1. The van der Waals surface area contributed by atoms with Gasteiger partial charge in [-0.15, -0.1) is 0 Å². The molecule has 2 aliphatic rings. The number of nitrogens with zero attached hydrogens (tertiary/aromatic N) is 1. The van der Waals surface area contributed by atoms with Crippen LogP contribution in [0, 0.1) is 10.1 Å². The first-order valence-corrected chi connectivity index (χ1v) is 7.08. The molecule has 1 heterocycles. The molecule has 1 saturated carbocycles. The average Bonchev–Trinajstić information content (AvgIpc) is 2.44. The van der Waals surface area contributed by atoms with Gasteiger partial charge < -0.3 is 4.74 Å². The van der Waals surface area contributed by atoms with E-state index in [1.54, 1.807) is 12.1 Å². The second-order valence-electron chi connectivity index (χ2n) is 5.32. The summed E-state index contributed by atoms with van der Waals surface area (Å²) in [7, 11) is 0. The van der Waals surface area contributed by atoms with Crippen LogP contribution < -0.4 is 10.1 Å². The van der Waals surface area contributed by atoms with Crippen LogP contribution in [0.5, 0.6) is 5.75 Å². The van der Waals surface area contributed by atoms with Crippen molar-refractivity contribution in [2.75, 3.05) is 6.54 Å². The van der Waals surface area contributed by atoms with Crippen LogP contribution in [-0.2, 0) is 0 Å². The van der Waals surface area contributed by atoms with Crippen molar-refractivity contribution in [2.45, 2.75) is 38.3 Å². The van der Waals surface area contributed by atoms with Crippen LogP contribution in [0.15, 0.2) is 23.8 Å². The summed E-state index contributed by atoms with van der Waals surface area (Å²) in [5, 5.41) is 14.3. The van der Waals surface area contributed by atoms with Gasteiger partial charge in [-0.25, -0.2) is 0 Å². The maximum atomic E-state index is 10.9. The van der Waals surface area contributed by atoms with Crippen LogP contribution in [0.25, 0.3) is 6.08 Å². The molecule has 1 aliphatic carbocycles. The van der Waals surface area contributed by atoms with E-state index in [4.69, 9.17) is 4.74 Å². The lowest BCUT2D eigenvalue weighted by Crippen LogP contribution is -2.54. The number of rotatable bonds is 3. The van der Waals surface area contributed by atoms with Gasteiger partial charge in [0.15, 0.2) is 5.72 Å². The smallest absolute Gasteiger partial charge is 0.270 e. The fourth-order valence-corrected chi connectivity index (χ4v) is 3.11. The SMILES string of the molecule is CCN[C@@]12CCCCC1=Cc1cc([N+](=O)[O-])ccc1O2. The van der Waals surface area contributed by atoms with E-state index in [0.717, 1.165) is 43.5 Å². The van der Waals surface area contributed by atoms with Crippen LogP contribution in [0.1, 0.15) is 38.2 Å². The Morgan fingerprint density at radius 1 is 1.45 bits per heavy atom. The number of nitrogens with one attached hydrogen (secondary N) is 1. The Morgan fingerprint density at radius 3 is 3.05 bits per heavy atom. The topological polar surface area (TPSA) is 64.4 Å². The zero-order valence-corrected chi connectivity index (χ0v) is 11.5. The zero-order chi connectivity index (χ0) is 14.2. The van der Waals surface area contributed by atoms with Gasteiger partial charge in [0, 0.05) is 24.1 Å². The number of fused-ring (bicyclic) bond motifs is 2. The average molecular weight is 274 g/mol. The van der Waals surface area contributed by atoms with Gasteiger partial charge in [0.05, 0.1) is 4.92 Å². The first-order valence-electron chi connectivity index (χ1n) is 7.08. The molecule has 1 aromatic carbocycles. The van der Waals surface area contributed by atoms with Crippen molar-refractivity contribution in [3.8, 4) is 5.75 Å². The highest BCUT2D eigenvalue weighted by molar-refractivity contribution is 5.67. The second-order valence-corrected chi connectivity index (χ2v) is 5.32. The standard InChI is InChI=1S/C15H18N2O3/c1-2-16-15-8-4-3-5-12(15)9-11-10-13(17(18)19)6-7-14(11)20-15/h6-7,9-10,16H,2-5,8H2,1H3/t15-/m1/s1. The number of ether oxygens (including phenoxy) is 1. The predicted octanol–water partition coefficient (Wildman–Crippen LogP) is 3.25. The Labute approximate surface area is 117 Å². The van der Waals surface area contributed by atoms with Crippen molar-refractivity contribution in [3.05, 3.63) is 39.4 Å². The summed E-state index contributed by atoms with van der Waals surface area (Å²) in [5.74, 6) is 0.724. The maximum absolute atomic E-state index is 10.9. The largest absolute Gasteiger partial charge is 0.468 e. The molecule has 106 valence electrons. The highest BCUT2D eigenvalue weighted by Crippen LogP contribution is 2.42. The number of benzene rings is 1. The predicted molar refractivity (Wildman–Crippen MR) is 76.6 cm³/mol. The summed E-state index contributed by atoms with van der Waals surface area (Å²) >= 11 is 0. The van der Waals surface area contributed by atoms with E-state index < -0.39 is 5.72 Å². The molecule has 1 aromatic rings. The van der Waals surface area contributed by atoms with Gasteiger partial charge in [-0.3, -0.25) is 15.4 Å². The van der Waals surface area contributed by atoms with Gasteiger partial charge in [0.1, 0.15) is 5.75 Å². The Bertz CT molecular complexity index is 578. The Hall–Kier alpha value is -1.88. The van der Waals surface area contributed by atoms with Crippen molar-refractivity contribution in [1.29, 1.82) is 0 Å². The summed E-state index contributed by atoms with van der Waals surface area (Å²) in [6.45, 7) is 2.90. The maximum Gasteiger partial charge on any atom is 0.270 e. The Balaban J connectivity index is 2.04. The lowest BCUT2D eigenvalue weighted by Gasteiger charge is -2.43. The molecule has 0 amide bonds. The van der Waals surface area contributed by atoms with Crippen LogP contribution in [0.2, 0.25) is 0 Å². The molecular formula is C15H18N2O3. The fourth-order valence-electron chi connectivity index (χ4n) is 3.11. The van der Waals surface area contributed by atoms with Crippen LogP contribution >= 0.6 is 0 Å². The Morgan fingerprint density at radius 2 is 2.30 bits per heavy atom. The first kappa shape index (κ1) is 13.1. The van der Waals surface area contributed by atoms with Gasteiger partial charge in [-0.1, -0.05) is 6.92 Å². The summed E-state index contributed by atoms with van der Waals surface area (Å²) in [6, 6.07) is 4.79. The summed E-state index contributed by atoms with van der Waals surface area (Å²) in [6.07, 6.45) is 6.27. The minimum Gasteiger partial charge on any atom is -0.468 e. The molecule has 20 heavy (non-hydrogen) atoms. The van der Waals surface area contributed by atoms with Crippen molar-refractivity contribution < 1.29 is 9.66 Å². The summed E-state index contributed by atoms with van der Waals surface area (Å²) in [4.78, 5) is 10.5. The van der Waals surface area contributed by atoms with Gasteiger partial charge in [-0.05, 0) is 43.5 Å². The zero-order valence-electron chi connectivity index (χ0n) is 11.5. The van der Waals surface area contributed by atoms with E-state index >= 15 is 0 Å². The molecule has 0 unspecified atom stereocenters. The van der Waals surface area contributed by atoms with E-state index in [-0.39, 0.29) is 10.6 Å². The number of non-ortho nitro benzene ring substituents is 1. The molecule has 1 N–H and O–H groups in total. The summed E-state index contributed by atoms with van der Waals surface area (Å²) < 4.78 is 6.20. The molecule has 0 spiro atoms. The minimum absolute atomic E-state index is 0.107. The molecule has 1 aliphatic heterocycles. The molecule has 0 aromatic heterocycles. The molecule has 5 heteroatoms. The van der Waals surface area contributed by atoms with E-state index in [0.29, 0.717) is 0 Å². The normalized spacial score (nSPS) is 24.1. The highest BCUT2D eigenvalue weighted by Gasteiger charge is 2.40. The lowest BCUT2D eigenvalue weighted by molar-refractivity contribution is -0.384. The number of hydrogen-bond donors (Lipinski definition) is 1. The number of likely N-dealkylation sites (N-methyl/N-ethyl adjacent to an activating group) is 1. The molecule has 1 atom stereocenters. The molecule has 1 fully saturated rings. The van der Waals surface area contributed by atoms with Crippen LogP contribution in [-0.4, -0.2) is 17.2 Å². The number of hydrogen-bond acceptors (Lipinski definition) is 4. The van der Waals surface area contributed by atoms with E-state index in [1.807, 2.05) is 0 Å². The Kier molecular flexibility index (Phi) is 3.22. The lowest BCUT2D eigenvalue weighted by atomic mass is 9.83. The van der Waals surface area contributed by atoms with Crippen molar-refractivity contribution in [1.82, 2.24) is 5.32 Å². The third-order valence-corrected chi connectivity index (χ3v) is 4.02. The van der Waals surface area contributed by atoms with Crippen LogP contribution in [0.3, 0.4) is 0 Å². The van der Waals surface area contributed by atoms with Crippen molar-refractivity contribution in [2.24, 2.45) is 0 Å². The van der Waals surface area contributed by atoms with Gasteiger partial charge in [-0.2, -0.15) is 0 Å². The minimum atomic E-state index is -0.407. The monoisotopic (exact) mass is 274 g/mol. The second kappa shape index (κ2) is 4.90. The summed E-state index contributed by atoms with van der Waals surface area (Å²) in [5.41, 5.74) is 1.72. The molecule has 0 radical (unpaired) electrons. The molecule has 0 saturated heterocycles. The van der Waals surface area contributed by atoms with Gasteiger partial charge >= 0.3 is 0 Å². The quantitative estimate of drug-likeness (QED) is 0.678.